The molecule has 43 heavy (non-hydrogen) atoms. The summed E-state index contributed by atoms with van der Waals surface area (Å²) < 4.78 is 15.7. The number of hydrogen-bond acceptors (Lipinski definition) is 7. The molecule has 0 amide bonds. The number of pyridine rings is 1. The van der Waals surface area contributed by atoms with Crippen LogP contribution in [0.25, 0.3) is 27.7 Å². The quantitative estimate of drug-likeness (QED) is 0.173. The van der Waals surface area contributed by atoms with Crippen LogP contribution in [-0.2, 0) is 13.1 Å². The van der Waals surface area contributed by atoms with Crippen LogP contribution in [0.2, 0.25) is 0 Å². The standard InChI is InChI=1S/C34H41FN8/c1-36-30-9-10-31(43-11-5-2-6-12-43)33-32(30)41-34(42-33)28-21-40-39-20-25-14-29(35)27(15-26(25)28)24-13-23(18-38-19-24)17-37-16-22-7-3-4-8-22/h9-10,13-15,18-19,21-22,36-37,39-40H,2-8,11-12,16-17,20H2,1H3,(H,41,42). The molecule has 1 saturated heterocycles. The highest BCUT2D eigenvalue weighted by molar-refractivity contribution is 5.99. The van der Waals surface area contributed by atoms with Crippen LogP contribution in [0.3, 0.4) is 0 Å². The Balaban J connectivity index is 1.24. The number of imidazole rings is 1. The van der Waals surface area contributed by atoms with Gasteiger partial charge in [0.15, 0.2) is 0 Å². The van der Waals surface area contributed by atoms with Gasteiger partial charge in [-0.3, -0.25) is 4.98 Å². The summed E-state index contributed by atoms with van der Waals surface area (Å²) in [5.41, 5.74) is 15.5. The van der Waals surface area contributed by atoms with Crippen LogP contribution in [0.15, 0.2) is 48.9 Å². The van der Waals surface area contributed by atoms with E-state index in [1.54, 1.807) is 12.3 Å². The Hall–Kier alpha value is -3.95. The molecule has 1 saturated carbocycles. The molecule has 2 fully saturated rings. The maximum atomic E-state index is 15.7. The fourth-order valence-corrected chi connectivity index (χ4v) is 6.95. The van der Waals surface area contributed by atoms with E-state index in [-0.39, 0.29) is 5.82 Å². The number of anilines is 2. The smallest absolute Gasteiger partial charge is 0.140 e. The van der Waals surface area contributed by atoms with Crippen molar-refractivity contribution in [1.29, 1.82) is 0 Å². The van der Waals surface area contributed by atoms with Crippen LogP contribution in [0.4, 0.5) is 15.8 Å². The number of halogens is 1. The minimum absolute atomic E-state index is 0.255. The number of hydrazine groups is 1. The molecule has 1 aliphatic carbocycles. The highest BCUT2D eigenvalue weighted by Gasteiger charge is 2.23. The van der Waals surface area contributed by atoms with Gasteiger partial charge < -0.3 is 25.9 Å². The summed E-state index contributed by atoms with van der Waals surface area (Å²) in [6.45, 7) is 4.33. The van der Waals surface area contributed by atoms with Gasteiger partial charge in [-0.05, 0) is 91.6 Å². The molecule has 0 unspecified atom stereocenters. The minimum atomic E-state index is -0.255. The second-order valence-electron chi connectivity index (χ2n) is 12.1. The van der Waals surface area contributed by atoms with Gasteiger partial charge in [-0.2, -0.15) is 0 Å². The van der Waals surface area contributed by atoms with Gasteiger partial charge in [0.2, 0.25) is 0 Å². The Bertz CT molecular complexity index is 1630. The third-order valence-corrected chi connectivity index (χ3v) is 9.27. The van der Waals surface area contributed by atoms with Crippen molar-refractivity contribution in [3.8, 4) is 11.1 Å². The maximum Gasteiger partial charge on any atom is 0.140 e. The third-order valence-electron chi connectivity index (χ3n) is 9.27. The van der Waals surface area contributed by atoms with Gasteiger partial charge in [-0.1, -0.05) is 12.8 Å². The number of nitrogens with zero attached hydrogens (tertiary/aromatic N) is 3. The molecule has 0 radical (unpaired) electrons. The van der Waals surface area contributed by atoms with E-state index in [1.165, 1.54) is 50.6 Å². The first kappa shape index (κ1) is 27.9. The van der Waals surface area contributed by atoms with E-state index in [1.807, 2.05) is 25.5 Å². The van der Waals surface area contributed by atoms with Gasteiger partial charge in [-0.25, -0.2) is 14.8 Å². The zero-order valence-corrected chi connectivity index (χ0v) is 24.9. The van der Waals surface area contributed by atoms with Gasteiger partial charge in [0.1, 0.15) is 17.2 Å². The summed E-state index contributed by atoms with van der Waals surface area (Å²) in [6.07, 6.45) is 14.5. The van der Waals surface area contributed by atoms with Crippen molar-refractivity contribution in [2.75, 3.05) is 36.9 Å². The Morgan fingerprint density at radius 2 is 1.86 bits per heavy atom. The van der Waals surface area contributed by atoms with E-state index < -0.39 is 0 Å². The number of nitrogens with one attached hydrogen (secondary N) is 5. The van der Waals surface area contributed by atoms with E-state index in [0.29, 0.717) is 12.1 Å². The van der Waals surface area contributed by atoms with E-state index in [9.17, 15) is 0 Å². The topological polar surface area (TPSA) is 92.9 Å². The zero-order chi connectivity index (χ0) is 29.2. The van der Waals surface area contributed by atoms with E-state index in [2.05, 4.69) is 54.6 Å². The first-order chi connectivity index (χ1) is 21.2. The van der Waals surface area contributed by atoms with Gasteiger partial charge in [-0.15, -0.1) is 0 Å². The van der Waals surface area contributed by atoms with Crippen molar-refractivity contribution in [3.05, 3.63) is 77.3 Å². The molecule has 2 aliphatic heterocycles. The third kappa shape index (κ3) is 5.71. The minimum Gasteiger partial charge on any atom is -0.386 e. The average molecular weight is 581 g/mol. The lowest BCUT2D eigenvalue weighted by Gasteiger charge is -2.29. The molecule has 4 aromatic rings. The largest absolute Gasteiger partial charge is 0.386 e. The van der Waals surface area contributed by atoms with Crippen molar-refractivity contribution >= 4 is 28.0 Å². The molecule has 7 rings (SSSR count). The van der Waals surface area contributed by atoms with Crippen LogP contribution < -0.4 is 26.4 Å². The lowest BCUT2D eigenvalue weighted by atomic mass is 9.94. The van der Waals surface area contributed by atoms with Crippen molar-refractivity contribution in [2.45, 2.75) is 58.0 Å². The van der Waals surface area contributed by atoms with Crippen molar-refractivity contribution in [3.63, 3.8) is 0 Å². The predicted molar refractivity (Wildman–Crippen MR) is 172 cm³/mol. The molecular formula is C34H41FN8. The first-order valence-corrected chi connectivity index (χ1v) is 15.8. The van der Waals surface area contributed by atoms with Crippen molar-refractivity contribution in [1.82, 2.24) is 31.1 Å². The van der Waals surface area contributed by atoms with Gasteiger partial charge >= 0.3 is 0 Å². The highest BCUT2D eigenvalue weighted by Crippen LogP contribution is 2.37. The summed E-state index contributed by atoms with van der Waals surface area (Å²) in [7, 11) is 1.93. The summed E-state index contributed by atoms with van der Waals surface area (Å²) in [5.74, 6) is 1.26. The second-order valence-corrected chi connectivity index (χ2v) is 12.1. The van der Waals surface area contributed by atoms with Crippen molar-refractivity contribution in [2.24, 2.45) is 5.92 Å². The number of benzene rings is 2. The molecular weight excluding hydrogens is 539 g/mol. The second kappa shape index (κ2) is 12.3. The number of hydrogen-bond donors (Lipinski definition) is 5. The molecule has 0 bridgehead atoms. The Morgan fingerprint density at radius 1 is 1.00 bits per heavy atom. The molecule has 2 aromatic heterocycles. The molecule has 0 spiro atoms. The first-order valence-electron chi connectivity index (χ1n) is 15.8. The predicted octanol–water partition coefficient (Wildman–Crippen LogP) is 6.07. The molecule has 8 nitrogen and oxygen atoms in total. The number of fused-ring (bicyclic) bond motifs is 2. The number of H-pyrrole nitrogens is 1. The normalized spacial score (nSPS) is 17.4. The van der Waals surface area contributed by atoms with Crippen LogP contribution >= 0.6 is 0 Å². The van der Waals surface area contributed by atoms with Crippen molar-refractivity contribution < 1.29 is 4.39 Å². The summed E-state index contributed by atoms with van der Waals surface area (Å²) in [4.78, 5) is 15.7. The van der Waals surface area contributed by atoms with Crippen LogP contribution in [0.1, 0.15) is 67.5 Å². The fraction of sp³-hybridized carbons (Fsp3) is 0.412. The number of aromatic nitrogens is 3. The lowest BCUT2D eigenvalue weighted by Crippen LogP contribution is -2.29. The summed E-state index contributed by atoms with van der Waals surface area (Å²) >= 11 is 0. The molecule has 5 N–H and O–H groups in total. The highest BCUT2D eigenvalue weighted by atomic mass is 19.1. The number of aromatic amines is 1. The van der Waals surface area contributed by atoms with E-state index in [0.717, 1.165) is 82.5 Å². The average Bonchev–Trinajstić information content (AvgIpc) is 3.68. The molecule has 224 valence electrons. The maximum absolute atomic E-state index is 15.7. The summed E-state index contributed by atoms with van der Waals surface area (Å²) in [6, 6.07) is 9.95. The van der Waals surface area contributed by atoms with E-state index in [4.69, 9.17) is 4.98 Å². The Kier molecular flexibility index (Phi) is 8.00. The molecule has 4 heterocycles. The fourth-order valence-electron chi connectivity index (χ4n) is 6.95. The van der Waals surface area contributed by atoms with E-state index >= 15 is 4.39 Å². The monoisotopic (exact) mass is 580 g/mol. The van der Waals surface area contributed by atoms with Crippen LogP contribution in [0, 0.1) is 11.7 Å². The lowest BCUT2D eigenvalue weighted by molar-refractivity contribution is 0.489. The van der Waals surface area contributed by atoms with Gasteiger partial charge in [0.25, 0.3) is 0 Å². The molecule has 9 heteroatoms. The molecule has 0 atom stereocenters. The number of piperidine rings is 1. The number of rotatable bonds is 8. The van der Waals surface area contributed by atoms with Gasteiger partial charge in [0.05, 0.1) is 16.9 Å². The Morgan fingerprint density at radius 3 is 2.70 bits per heavy atom. The van der Waals surface area contributed by atoms with Crippen LogP contribution in [0.5, 0.6) is 0 Å². The van der Waals surface area contributed by atoms with Gasteiger partial charge in [0, 0.05) is 68.5 Å². The molecule has 2 aromatic carbocycles. The SMILES string of the molecule is CNc1ccc(N2CCCCC2)c2[nH]c(C3=CNNCc4cc(F)c(-c5cncc(CNCC6CCCC6)c5)cc43)nc12. The van der Waals surface area contributed by atoms with Crippen LogP contribution in [-0.4, -0.2) is 41.6 Å². The zero-order valence-electron chi connectivity index (χ0n) is 24.9. The Labute approximate surface area is 252 Å². The summed E-state index contributed by atoms with van der Waals surface area (Å²) in [5, 5.41) is 6.90. The molecule has 3 aliphatic rings.